The van der Waals surface area contributed by atoms with Crippen LogP contribution in [-0.4, -0.2) is 21.2 Å². The van der Waals surface area contributed by atoms with Gasteiger partial charge in [0.25, 0.3) is 10.0 Å². The van der Waals surface area contributed by atoms with Gasteiger partial charge in [-0.1, -0.05) is 35.9 Å². The molecule has 0 aromatic heterocycles. The van der Waals surface area contributed by atoms with E-state index in [1.807, 2.05) is 13.0 Å². The zero-order chi connectivity index (χ0) is 22.3. The van der Waals surface area contributed by atoms with Crippen LogP contribution in [0.1, 0.15) is 5.56 Å². The minimum atomic E-state index is -4.04. The van der Waals surface area contributed by atoms with Crippen LogP contribution in [0.3, 0.4) is 0 Å². The molecule has 0 saturated carbocycles. The van der Waals surface area contributed by atoms with Gasteiger partial charge in [0.15, 0.2) is 12.2 Å². The van der Waals surface area contributed by atoms with Gasteiger partial charge in [0.05, 0.1) is 16.3 Å². The summed E-state index contributed by atoms with van der Waals surface area (Å²) in [6, 6.07) is 21.2. The highest BCUT2D eigenvalue weighted by Gasteiger charge is 2.25. The fraction of sp³-hybridized carbons (Fsp3) is 0.0476. The Morgan fingerprint density at radius 3 is 2.06 bits per heavy atom. The van der Waals surface area contributed by atoms with Crippen LogP contribution in [0.25, 0.3) is 0 Å². The summed E-state index contributed by atoms with van der Waals surface area (Å²) < 4.78 is 33.5. The van der Waals surface area contributed by atoms with E-state index in [4.69, 9.17) is 4.18 Å². The molecule has 0 radical (unpaired) electrons. The summed E-state index contributed by atoms with van der Waals surface area (Å²) in [7, 11) is -4.04. The molecule has 1 N–H and O–H groups in total. The maximum atomic E-state index is 13.0. The van der Waals surface area contributed by atoms with Gasteiger partial charge in [-0.05, 0) is 55.5 Å². The third-order valence-electron chi connectivity index (χ3n) is 4.12. The van der Waals surface area contributed by atoms with Crippen LogP contribution < -0.4 is 18.3 Å². The number of hydrazine groups is 1. The lowest BCUT2D eigenvalue weighted by atomic mass is 10.2. The normalized spacial score (nSPS) is 10.7. The van der Waals surface area contributed by atoms with E-state index in [9.17, 15) is 18.0 Å². The minimum absolute atomic E-state index is 0.0258. The first-order chi connectivity index (χ1) is 15.0. The summed E-state index contributed by atoms with van der Waals surface area (Å²) in [6.07, 6.45) is 0.855. The molecule has 160 valence electrons. The second-order valence-electron chi connectivity index (χ2n) is 6.25. The highest BCUT2D eigenvalue weighted by molar-refractivity contribution is 7.97. The molecular formula is C21H19N3O5S2. The van der Waals surface area contributed by atoms with Crippen molar-refractivity contribution in [3.63, 3.8) is 0 Å². The highest BCUT2D eigenvalue weighted by atomic mass is 32.2. The van der Waals surface area contributed by atoms with E-state index < -0.39 is 10.0 Å². The summed E-state index contributed by atoms with van der Waals surface area (Å²) in [5.74, 6) is 0.571. The SMILES string of the molecule is Cc1ccc(S(=O)(=O)N(NC=O)c2ccc(N(C=O)SOc3ccccc3)cc2)cc1. The number of hydrogen-bond acceptors (Lipinski definition) is 6. The molecule has 0 atom stereocenters. The average Bonchev–Trinajstić information content (AvgIpc) is 2.79. The molecule has 3 aromatic carbocycles. The molecule has 8 nitrogen and oxygen atoms in total. The average molecular weight is 458 g/mol. The van der Waals surface area contributed by atoms with Crippen LogP contribution in [0.2, 0.25) is 0 Å². The maximum Gasteiger partial charge on any atom is 0.281 e. The number of para-hydroxylation sites is 1. The molecule has 0 heterocycles. The molecule has 0 aliphatic carbocycles. The van der Waals surface area contributed by atoms with E-state index in [1.54, 1.807) is 36.4 Å². The molecule has 10 heteroatoms. The number of nitrogens with zero attached hydrogens (tertiary/aromatic N) is 2. The summed E-state index contributed by atoms with van der Waals surface area (Å²) in [4.78, 5) is 22.6. The third-order valence-corrected chi connectivity index (χ3v) is 6.51. The van der Waals surface area contributed by atoms with Crippen molar-refractivity contribution in [2.45, 2.75) is 11.8 Å². The second-order valence-corrected chi connectivity index (χ2v) is 8.74. The smallest absolute Gasteiger partial charge is 0.281 e. The Hall–Kier alpha value is -3.50. The summed E-state index contributed by atoms with van der Waals surface area (Å²) in [5, 5.41) is 0. The Morgan fingerprint density at radius 1 is 0.871 bits per heavy atom. The third kappa shape index (κ3) is 5.36. The molecule has 3 aromatic rings. The quantitative estimate of drug-likeness (QED) is 0.217. The maximum absolute atomic E-state index is 13.0. The number of aryl methyl sites for hydroxylation is 1. The Bertz CT molecular complexity index is 1120. The van der Waals surface area contributed by atoms with Crippen LogP contribution >= 0.6 is 12.2 Å². The van der Waals surface area contributed by atoms with E-state index in [-0.39, 0.29) is 17.0 Å². The van der Waals surface area contributed by atoms with Crippen molar-refractivity contribution in [1.82, 2.24) is 5.43 Å². The predicted molar refractivity (Wildman–Crippen MR) is 120 cm³/mol. The number of anilines is 2. The summed E-state index contributed by atoms with van der Waals surface area (Å²) in [6.45, 7) is 1.84. The van der Waals surface area contributed by atoms with Crippen molar-refractivity contribution in [2.75, 3.05) is 8.72 Å². The lowest BCUT2D eigenvalue weighted by Gasteiger charge is -2.23. The number of carbonyl (C=O) groups is 2. The molecule has 0 aliphatic heterocycles. The Kier molecular flexibility index (Phi) is 7.16. The van der Waals surface area contributed by atoms with Crippen molar-refractivity contribution in [3.05, 3.63) is 84.4 Å². The lowest BCUT2D eigenvalue weighted by Crippen LogP contribution is -2.42. The zero-order valence-electron chi connectivity index (χ0n) is 16.4. The summed E-state index contributed by atoms with van der Waals surface area (Å²) in [5.41, 5.74) is 3.77. The zero-order valence-corrected chi connectivity index (χ0v) is 18.0. The van der Waals surface area contributed by atoms with Crippen molar-refractivity contribution in [2.24, 2.45) is 0 Å². The number of sulfonamides is 1. The Balaban J connectivity index is 1.81. The number of hydrogen-bond donors (Lipinski definition) is 1. The number of amides is 2. The Labute approximate surface area is 184 Å². The van der Waals surface area contributed by atoms with Gasteiger partial charge in [-0.2, -0.15) is 12.8 Å². The van der Waals surface area contributed by atoms with Gasteiger partial charge in [0.1, 0.15) is 5.75 Å². The molecule has 3 rings (SSSR count). The fourth-order valence-corrected chi connectivity index (χ4v) is 4.35. The molecule has 0 spiro atoms. The van der Waals surface area contributed by atoms with Gasteiger partial charge in [0, 0.05) is 0 Å². The molecule has 0 bridgehead atoms. The molecule has 2 amide bonds. The molecule has 31 heavy (non-hydrogen) atoms. The largest absolute Gasteiger partial charge is 0.405 e. The van der Waals surface area contributed by atoms with E-state index >= 15 is 0 Å². The molecule has 0 aliphatic rings. The minimum Gasteiger partial charge on any atom is -0.405 e. The fourth-order valence-electron chi connectivity index (χ4n) is 2.56. The first-order valence-electron chi connectivity index (χ1n) is 9.02. The molecular weight excluding hydrogens is 438 g/mol. The number of nitrogens with one attached hydrogen (secondary N) is 1. The topological polar surface area (TPSA) is 96.0 Å². The van der Waals surface area contributed by atoms with E-state index in [2.05, 4.69) is 5.43 Å². The first kappa shape index (κ1) is 22.2. The van der Waals surface area contributed by atoms with E-state index in [0.717, 1.165) is 22.2 Å². The standard InChI is InChI=1S/C21H19N3O5S2/c1-17-7-13-21(14-8-17)31(27,28)24(22-15-25)19-11-9-18(10-12-19)23(16-26)30-29-20-5-3-2-4-6-20/h2-16H,1H3,(H,22,25). The van der Waals surface area contributed by atoms with Gasteiger partial charge in [-0.25, -0.2) is 4.31 Å². The van der Waals surface area contributed by atoms with E-state index in [1.165, 1.54) is 40.7 Å². The number of rotatable bonds is 10. The lowest BCUT2D eigenvalue weighted by molar-refractivity contribution is -0.109. The van der Waals surface area contributed by atoms with E-state index in [0.29, 0.717) is 17.8 Å². The van der Waals surface area contributed by atoms with Crippen molar-refractivity contribution >= 4 is 46.4 Å². The van der Waals surface area contributed by atoms with Gasteiger partial charge in [-0.15, -0.1) is 0 Å². The second kappa shape index (κ2) is 10.0. The van der Waals surface area contributed by atoms with Gasteiger partial charge < -0.3 is 4.18 Å². The van der Waals surface area contributed by atoms with Crippen molar-refractivity contribution < 1.29 is 22.2 Å². The van der Waals surface area contributed by atoms with Crippen LogP contribution in [0, 0.1) is 6.92 Å². The molecule has 0 saturated heterocycles. The monoisotopic (exact) mass is 457 g/mol. The summed E-state index contributed by atoms with van der Waals surface area (Å²) >= 11 is 0.818. The molecule has 0 fully saturated rings. The molecule has 0 unspecified atom stereocenters. The van der Waals surface area contributed by atoms with Gasteiger partial charge in [-0.3, -0.25) is 15.0 Å². The van der Waals surface area contributed by atoms with Crippen LogP contribution in [0.15, 0.2) is 83.8 Å². The van der Waals surface area contributed by atoms with Gasteiger partial charge >= 0.3 is 0 Å². The van der Waals surface area contributed by atoms with Crippen molar-refractivity contribution in [3.8, 4) is 5.75 Å². The number of benzene rings is 3. The predicted octanol–water partition coefficient (Wildman–Crippen LogP) is 3.46. The van der Waals surface area contributed by atoms with Crippen LogP contribution in [0.4, 0.5) is 11.4 Å². The van der Waals surface area contributed by atoms with Gasteiger partial charge in [0.2, 0.25) is 12.8 Å². The number of carbonyl (C=O) groups excluding carboxylic acids is 2. The van der Waals surface area contributed by atoms with Crippen LogP contribution in [0.5, 0.6) is 5.75 Å². The first-order valence-corrected chi connectivity index (χ1v) is 11.2. The van der Waals surface area contributed by atoms with Crippen LogP contribution in [-0.2, 0) is 19.6 Å². The highest BCUT2D eigenvalue weighted by Crippen LogP contribution is 2.28. The van der Waals surface area contributed by atoms with Crippen molar-refractivity contribution in [1.29, 1.82) is 0 Å². The Morgan fingerprint density at radius 2 is 1.48 bits per heavy atom.